The van der Waals surface area contributed by atoms with Crippen molar-refractivity contribution in [2.24, 2.45) is 0 Å². The van der Waals surface area contributed by atoms with Gasteiger partial charge in [-0.3, -0.25) is 4.79 Å². The zero-order chi connectivity index (χ0) is 20.8. The average molecular weight is 406 g/mol. The van der Waals surface area contributed by atoms with Crippen LogP contribution in [0.25, 0.3) is 22.6 Å². The van der Waals surface area contributed by atoms with Crippen molar-refractivity contribution in [3.8, 4) is 22.6 Å². The van der Waals surface area contributed by atoms with Gasteiger partial charge < -0.3 is 10.3 Å². The lowest BCUT2D eigenvalue weighted by atomic mass is 9.88. The van der Waals surface area contributed by atoms with Crippen molar-refractivity contribution >= 4 is 11.6 Å². The maximum atomic E-state index is 13.0. The van der Waals surface area contributed by atoms with Gasteiger partial charge in [-0.25, -0.2) is 4.98 Å². The Morgan fingerprint density at radius 2 is 1.58 bits per heavy atom. The van der Waals surface area contributed by atoms with Crippen molar-refractivity contribution in [2.75, 3.05) is 5.32 Å². The molecule has 1 aliphatic carbocycles. The number of aromatic nitrogens is 2. The molecule has 1 amide bonds. The standard InChI is InChI=1S/C27H23N3O/c31-27-23(21-12-6-7-13-22(21)28-27)25-24(29-26(30-25)18-9-2-1-3-10-18)20-15-14-17-8-4-5-11-19(17)16-20/h1-3,6-7,9-10,12-16,23H,4-5,8,11H2,(H,28,31)(H,29,30). The number of hydrogen-bond acceptors (Lipinski definition) is 2. The third-order valence-corrected chi connectivity index (χ3v) is 6.48. The number of fused-ring (bicyclic) bond motifs is 2. The summed E-state index contributed by atoms with van der Waals surface area (Å²) in [5.41, 5.74) is 8.54. The zero-order valence-electron chi connectivity index (χ0n) is 17.2. The number of H-pyrrole nitrogens is 1. The number of para-hydroxylation sites is 1. The molecule has 1 unspecified atom stereocenters. The summed E-state index contributed by atoms with van der Waals surface area (Å²) in [4.78, 5) is 21.6. The van der Waals surface area contributed by atoms with Gasteiger partial charge in [-0.15, -0.1) is 0 Å². The van der Waals surface area contributed by atoms with Crippen LogP contribution in [0.4, 0.5) is 5.69 Å². The van der Waals surface area contributed by atoms with Crippen LogP contribution in [0.15, 0.2) is 72.8 Å². The largest absolute Gasteiger partial charge is 0.340 e. The topological polar surface area (TPSA) is 57.8 Å². The number of imidazole rings is 1. The van der Waals surface area contributed by atoms with Gasteiger partial charge >= 0.3 is 0 Å². The van der Waals surface area contributed by atoms with E-state index in [2.05, 4.69) is 28.5 Å². The van der Waals surface area contributed by atoms with Crippen molar-refractivity contribution in [3.63, 3.8) is 0 Å². The van der Waals surface area contributed by atoms with E-state index in [1.807, 2.05) is 54.6 Å². The molecule has 3 aromatic carbocycles. The van der Waals surface area contributed by atoms with Crippen LogP contribution in [-0.4, -0.2) is 15.9 Å². The first-order chi connectivity index (χ1) is 15.3. The van der Waals surface area contributed by atoms with E-state index in [9.17, 15) is 4.79 Å². The third kappa shape index (κ3) is 3.07. The summed E-state index contributed by atoms with van der Waals surface area (Å²) >= 11 is 0. The maximum Gasteiger partial charge on any atom is 0.238 e. The van der Waals surface area contributed by atoms with Crippen LogP contribution in [0.2, 0.25) is 0 Å². The number of hydrogen-bond donors (Lipinski definition) is 2. The van der Waals surface area contributed by atoms with Crippen LogP contribution in [0.5, 0.6) is 0 Å². The van der Waals surface area contributed by atoms with E-state index in [0.717, 1.165) is 52.4 Å². The highest BCUT2D eigenvalue weighted by Crippen LogP contribution is 2.41. The Morgan fingerprint density at radius 1 is 0.806 bits per heavy atom. The summed E-state index contributed by atoms with van der Waals surface area (Å²) in [5, 5.41) is 3.04. The van der Waals surface area contributed by atoms with Crippen molar-refractivity contribution in [2.45, 2.75) is 31.6 Å². The number of amides is 1. The molecule has 0 bridgehead atoms. The molecule has 31 heavy (non-hydrogen) atoms. The molecule has 6 rings (SSSR count). The Balaban J connectivity index is 1.54. The fourth-order valence-corrected chi connectivity index (χ4v) is 4.92. The van der Waals surface area contributed by atoms with Crippen LogP contribution in [-0.2, 0) is 17.6 Å². The molecule has 4 heteroatoms. The number of carbonyl (C=O) groups excluding carboxylic acids is 1. The Hall–Kier alpha value is -3.66. The molecule has 0 saturated heterocycles. The molecule has 0 spiro atoms. The Bertz CT molecular complexity index is 1290. The molecule has 0 saturated carbocycles. The molecule has 1 aromatic heterocycles. The van der Waals surface area contributed by atoms with Gasteiger partial charge in [-0.05, 0) is 54.5 Å². The van der Waals surface area contributed by atoms with Gasteiger partial charge in [-0.2, -0.15) is 0 Å². The van der Waals surface area contributed by atoms with Crippen LogP contribution in [0.3, 0.4) is 0 Å². The van der Waals surface area contributed by atoms with Crippen molar-refractivity contribution in [3.05, 3.63) is 95.2 Å². The van der Waals surface area contributed by atoms with Crippen LogP contribution < -0.4 is 5.32 Å². The number of benzene rings is 3. The van der Waals surface area contributed by atoms with E-state index in [1.165, 1.54) is 24.0 Å². The summed E-state index contributed by atoms with van der Waals surface area (Å²) in [6.45, 7) is 0. The van der Waals surface area contributed by atoms with E-state index in [1.54, 1.807) is 0 Å². The molecular weight excluding hydrogens is 382 g/mol. The second-order valence-electron chi connectivity index (χ2n) is 8.41. The van der Waals surface area contributed by atoms with E-state index in [4.69, 9.17) is 4.98 Å². The second kappa shape index (κ2) is 7.24. The van der Waals surface area contributed by atoms with Crippen LogP contribution >= 0.6 is 0 Å². The molecule has 2 heterocycles. The van der Waals surface area contributed by atoms with E-state index < -0.39 is 5.92 Å². The first-order valence-electron chi connectivity index (χ1n) is 11.0. The number of nitrogens with zero attached hydrogens (tertiary/aromatic N) is 1. The molecule has 152 valence electrons. The maximum absolute atomic E-state index is 13.0. The molecule has 2 N–H and O–H groups in total. The molecule has 1 aliphatic heterocycles. The molecule has 1 atom stereocenters. The SMILES string of the molecule is O=C1Nc2ccccc2C1c1[nH]c(-c2ccccc2)nc1-c1ccc2c(c1)CCCC2. The highest BCUT2D eigenvalue weighted by Gasteiger charge is 2.35. The van der Waals surface area contributed by atoms with E-state index in [0.29, 0.717) is 0 Å². The molecule has 4 nitrogen and oxygen atoms in total. The predicted molar refractivity (Wildman–Crippen MR) is 123 cm³/mol. The van der Waals surface area contributed by atoms with E-state index in [-0.39, 0.29) is 5.91 Å². The van der Waals surface area contributed by atoms with E-state index >= 15 is 0 Å². The van der Waals surface area contributed by atoms with Gasteiger partial charge in [0.05, 0.1) is 11.4 Å². The molecule has 4 aromatic rings. The molecular formula is C27H23N3O. The minimum absolute atomic E-state index is 0.0105. The first kappa shape index (κ1) is 18.1. The highest BCUT2D eigenvalue weighted by molar-refractivity contribution is 6.05. The zero-order valence-corrected chi connectivity index (χ0v) is 17.2. The Kier molecular flexibility index (Phi) is 4.23. The molecule has 2 aliphatic rings. The van der Waals surface area contributed by atoms with Gasteiger partial charge in [0.2, 0.25) is 5.91 Å². The van der Waals surface area contributed by atoms with Gasteiger partial charge in [0.1, 0.15) is 11.7 Å². The Morgan fingerprint density at radius 3 is 2.45 bits per heavy atom. The minimum Gasteiger partial charge on any atom is -0.340 e. The van der Waals surface area contributed by atoms with Gasteiger partial charge in [0, 0.05) is 16.8 Å². The predicted octanol–water partition coefficient (Wildman–Crippen LogP) is 5.71. The minimum atomic E-state index is -0.396. The summed E-state index contributed by atoms with van der Waals surface area (Å²) in [6, 6.07) is 24.7. The van der Waals surface area contributed by atoms with Crippen molar-refractivity contribution < 1.29 is 4.79 Å². The van der Waals surface area contributed by atoms with Crippen molar-refractivity contribution in [1.29, 1.82) is 0 Å². The van der Waals surface area contributed by atoms with Gasteiger partial charge in [0.15, 0.2) is 0 Å². The molecule has 0 fully saturated rings. The fraction of sp³-hybridized carbons (Fsp3) is 0.185. The lowest BCUT2D eigenvalue weighted by Gasteiger charge is -2.17. The van der Waals surface area contributed by atoms with Gasteiger partial charge in [-0.1, -0.05) is 60.7 Å². The lowest BCUT2D eigenvalue weighted by molar-refractivity contribution is -0.116. The highest BCUT2D eigenvalue weighted by atomic mass is 16.2. The lowest BCUT2D eigenvalue weighted by Crippen LogP contribution is -2.14. The number of carbonyl (C=O) groups is 1. The smallest absolute Gasteiger partial charge is 0.238 e. The second-order valence-corrected chi connectivity index (χ2v) is 8.41. The summed E-state index contributed by atoms with van der Waals surface area (Å²) in [5.74, 6) is 0.386. The molecule has 0 radical (unpaired) electrons. The normalized spacial score (nSPS) is 17.2. The monoisotopic (exact) mass is 405 g/mol. The summed E-state index contributed by atoms with van der Waals surface area (Å²) in [6.07, 6.45) is 4.76. The first-order valence-corrected chi connectivity index (χ1v) is 11.0. The van der Waals surface area contributed by atoms with Gasteiger partial charge in [0.25, 0.3) is 0 Å². The summed E-state index contributed by atoms with van der Waals surface area (Å²) < 4.78 is 0. The number of nitrogens with one attached hydrogen (secondary N) is 2. The summed E-state index contributed by atoms with van der Waals surface area (Å²) in [7, 11) is 0. The number of aryl methyl sites for hydroxylation is 2. The number of rotatable bonds is 3. The van der Waals surface area contributed by atoms with Crippen molar-refractivity contribution in [1.82, 2.24) is 9.97 Å². The fourth-order valence-electron chi connectivity index (χ4n) is 4.92. The van der Waals surface area contributed by atoms with Crippen LogP contribution in [0.1, 0.15) is 41.1 Å². The van der Waals surface area contributed by atoms with Crippen LogP contribution in [0, 0.1) is 0 Å². The Labute approximate surface area is 181 Å². The third-order valence-electron chi connectivity index (χ3n) is 6.48. The number of aromatic amines is 1. The average Bonchev–Trinajstić information content (AvgIpc) is 3.39. The number of anilines is 1. The quantitative estimate of drug-likeness (QED) is 0.459.